The van der Waals surface area contributed by atoms with Gasteiger partial charge in [-0.1, -0.05) is 45.7 Å². The molecule has 0 aliphatic heterocycles. The van der Waals surface area contributed by atoms with Crippen molar-refractivity contribution in [2.75, 3.05) is 0 Å². The Kier molecular flexibility index (Phi) is 5.33. The molecule has 3 nitrogen and oxygen atoms in total. The number of Topliss-reactive ketones (excluding diaryl/α,β-unsaturated/α-hetero) is 1. The molecule has 104 valence electrons. The number of hydrogen-bond donors (Lipinski definition) is 1. The first-order valence-corrected chi connectivity index (χ1v) is 7.41. The highest BCUT2D eigenvalue weighted by Gasteiger charge is 2.26. The minimum Gasteiger partial charge on any atom is -0.481 e. The van der Waals surface area contributed by atoms with E-state index in [1.54, 1.807) is 19.9 Å². The van der Waals surface area contributed by atoms with Crippen molar-refractivity contribution in [1.82, 2.24) is 0 Å². The summed E-state index contributed by atoms with van der Waals surface area (Å²) in [6.07, 6.45) is 0.177. The fraction of sp³-hybridized carbons (Fsp3) is 0.429. The molecular weight excluding hydrogens is 376 g/mol. The van der Waals surface area contributed by atoms with E-state index < -0.39 is 11.4 Å². The second kappa shape index (κ2) is 6.18. The predicted octanol–water partition coefficient (Wildman–Crippen LogP) is 4.59. The quantitative estimate of drug-likeness (QED) is 0.746. The number of aryl methyl sites for hydroxylation is 1. The van der Waals surface area contributed by atoms with Gasteiger partial charge in [0.25, 0.3) is 0 Å². The van der Waals surface area contributed by atoms with Crippen LogP contribution in [-0.4, -0.2) is 16.9 Å². The van der Waals surface area contributed by atoms with Gasteiger partial charge in [0, 0.05) is 20.9 Å². The van der Waals surface area contributed by atoms with Crippen molar-refractivity contribution in [2.45, 2.75) is 33.6 Å². The Morgan fingerprint density at radius 3 is 2.26 bits per heavy atom. The molecule has 0 aliphatic rings. The molecule has 5 heteroatoms. The van der Waals surface area contributed by atoms with E-state index in [0.29, 0.717) is 5.56 Å². The highest BCUT2D eigenvalue weighted by atomic mass is 79.9. The van der Waals surface area contributed by atoms with Crippen LogP contribution in [-0.2, 0) is 4.79 Å². The largest absolute Gasteiger partial charge is 0.481 e. The summed E-state index contributed by atoms with van der Waals surface area (Å²) in [6.45, 7) is 5.52. The van der Waals surface area contributed by atoms with Gasteiger partial charge >= 0.3 is 5.97 Å². The zero-order chi connectivity index (χ0) is 14.8. The second-order valence-corrected chi connectivity index (χ2v) is 7.12. The maximum Gasteiger partial charge on any atom is 0.303 e. The molecule has 0 amide bonds. The SMILES string of the molecule is Cc1cc(Br)c(C(=O)CC(C)(C)CC(=O)O)cc1Br. The normalized spacial score (nSPS) is 11.4. The van der Waals surface area contributed by atoms with E-state index in [0.717, 1.165) is 14.5 Å². The van der Waals surface area contributed by atoms with Gasteiger partial charge in [-0.2, -0.15) is 0 Å². The Labute approximate surface area is 129 Å². The van der Waals surface area contributed by atoms with E-state index in [4.69, 9.17) is 5.11 Å². The van der Waals surface area contributed by atoms with Gasteiger partial charge in [0.1, 0.15) is 0 Å². The van der Waals surface area contributed by atoms with Gasteiger partial charge in [0.15, 0.2) is 5.78 Å². The summed E-state index contributed by atoms with van der Waals surface area (Å²) in [4.78, 5) is 23.1. The molecule has 1 aromatic carbocycles. The molecule has 19 heavy (non-hydrogen) atoms. The lowest BCUT2D eigenvalue weighted by Crippen LogP contribution is -2.21. The van der Waals surface area contributed by atoms with E-state index >= 15 is 0 Å². The first kappa shape index (κ1) is 16.4. The molecule has 1 rings (SSSR count). The summed E-state index contributed by atoms with van der Waals surface area (Å²) in [5, 5.41) is 8.84. The second-order valence-electron chi connectivity index (χ2n) is 5.42. The number of aliphatic carboxylic acids is 1. The van der Waals surface area contributed by atoms with Crippen LogP contribution in [0.3, 0.4) is 0 Å². The Bertz CT molecular complexity index is 522. The number of ketones is 1. The van der Waals surface area contributed by atoms with Gasteiger partial charge in [-0.3, -0.25) is 9.59 Å². The molecule has 0 aliphatic carbocycles. The minimum absolute atomic E-state index is 0.0244. The maximum atomic E-state index is 12.3. The number of carboxylic acids is 1. The van der Waals surface area contributed by atoms with Crippen LogP contribution in [0.2, 0.25) is 0 Å². The molecule has 0 radical (unpaired) electrons. The molecule has 0 heterocycles. The van der Waals surface area contributed by atoms with Gasteiger partial charge in [-0.05, 0) is 30.0 Å². The summed E-state index contributed by atoms with van der Waals surface area (Å²) >= 11 is 6.78. The van der Waals surface area contributed by atoms with E-state index in [1.807, 2.05) is 13.0 Å². The van der Waals surface area contributed by atoms with Crippen molar-refractivity contribution in [1.29, 1.82) is 0 Å². The van der Waals surface area contributed by atoms with Crippen LogP contribution in [0.1, 0.15) is 42.6 Å². The van der Waals surface area contributed by atoms with Crippen molar-refractivity contribution in [3.05, 3.63) is 32.2 Å². The Morgan fingerprint density at radius 2 is 1.74 bits per heavy atom. The average Bonchev–Trinajstić information content (AvgIpc) is 2.20. The van der Waals surface area contributed by atoms with Gasteiger partial charge < -0.3 is 5.11 Å². The molecule has 0 atom stereocenters. The van der Waals surface area contributed by atoms with Crippen LogP contribution < -0.4 is 0 Å². The molecule has 0 spiro atoms. The third kappa shape index (κ3) is 4.73. The zero-order valence-electron chi connectivity index (χ0n) is 11.1. The Morgan fingerprint density at radius 1 is 1.16 bits per heavy atom. The summed E-state index contributed by atoms with van der Waals surface area (Å²) < 4.78 is 1.61. The molecular formula is C14H16Br2O3. The van der Waals surface area contributed by atoms with Crippen LogP contribution in [0.4, 0.5) is 0 Å². The van der Waals surface area contributed by atoms with Gasteiger partial charge in [0.05, 0.1) is 6.42 Å². The highest BCUT2D eigenvalue weighted by Crippen LogP contribution is 2.31. The smallest absolute Gasteiger partial charge is 0.303 e. The van der Waals surface area contributed by atoms with E-state index in [2.05, 4.69) is 31.9 Å². The Balaban J connectivity index is 2.96. The van der Waals surface area contributed by atoms with Crippen molar-refractivity contribution in [3.8, 4) is 0 Å². The molecule has 1 N–H and O–H groups in total. The number of hydrogen-bond acceptors (Lipinski definition) is 2. The molecule has 0 saturated heterocycles. The van der Waals surface area contributed by atoms with E-state index in [9.17, 15) is 9.59 Å². The van der Waals surface area contributed by atoms with Gasteiger partial charge in [0.2, 0.25) is 0 Å². The molecule has 1 aromatic rings. The number of halogens is 2. The fourth-order valence-corrected chi connectivity index (χ4v) is 2.88. The fourth-order valence-electron chi connectivity index (χ4n) is 1.86. The van der Waals surface area contributed by atoms with E-state index in [1.165, 1.54) is 0 Å². The summed E-state index contributed by atoms with van der Waals surface area (Å²) in [5.74, 6) is -0.944. The van der Waals surface area contributed by atoms with Crippen molar-refractivity contribution in [2.24, 2.45) is 5.41 Å². The van der Waals surface area contributed by atoms with Crippen LogP contribution in [0, 0.1) is 12.3 Å². The molecule has 0 bridgehead atoms. The summed E-state index contributed by atoms with van der Waals surface area (Å²) in [7, 11) is 0. The molecule has 0 aromatic heterocycles. The summed E-state index contributed by atoms with van der Waals surface area (Å²) in [6, 6.07) is 3.65. The summed E-state index contributed by atoms with van der Waals surface area (Å²) in [5.41, 5.74) is 1.06. The number of benzene rings is 1. The lowest BCUT2D eigenvalue weighted by molar-refractivity contribution is -0.139. The van der Waals surface area contributed by atoms with Crippen LogP contribution in [0.5, 0.6) is 0 Å². The maximum absolute atomic E-state index is 12.3. The number of carbonyl (C=O) groups excluding carboxylic acids is 1. The van der Waals surface area contributed by atoms with Gasteiger partial charge in [-0.15, -0.1) is 0 Å². The predicted molar refractivity (Wildman–Crippen MR) is 81.6 cm³/mol. The third-order valence-electron chi connectivity index (χ3n) is 2.82. The highest BCUT2D eigenvalue weighted by molar-refractivity contribution is 9.11. The van der Waals surface area contributed by atoms with Crippen LogP contribution in [0.15, 0.2) is 21.1 Å². The molecule has 0 saturated carbocycles. The number of rotatable bonds is 5. The topological polar surface area (TPSA) is 54.4 Å². The first-order chi connectivity index (χ1) is 8.62. The monoisotopic (exact) mass is 390 g/mol. The molecule has 0 fully saturated rings. The first-order valence-electron chi connectivity index (χ1n) is 5.83. The minimum atomic E-state index is -0.887. The molecule has 0 unspecified atom stereocenters. The van der Waals surface area contributed by atoms with Gasteiger partial charge in [-0.25, -0.2) is 0 Å². The standard InChI is InChI=1S/C14H16Br2O3/c1-8-4-11(16)9(5-10(8)15)12(17)6-14(2,3)7-13(18)19/h4-5H,6-7H2,1-3H3,(H,18,19). The Hall–Kier alpha value is -0.680. The zero-order valence-corrected chi connectivity index (χ0v) is 14.3. The lowest BCUT2D eigenvalue weighted by atomic mass is 9.82. The van der Waals surface area contributed by atoms with Crippen LogP contribution >= 0.6 is 31.9 Å². The van der Waals surface area contributed by atoms with Crippen molar-refractivity contribution >= 4 is 43.6 Å². The lowest BCUT2D eigenvalue weighted by Gasteiger charge is -2.21. The van der Waals surface area contributed by atoms with Crippen molar-refractivity contribution in [3.63, 3.8) is 0 Å². The van der Waals surface area contributed by atoms with Crippen LogP contribution in [0.25, 0.3) is 0 Å². The van der Waals surface area contributed by atoms with E-state index in [-0.39, 0.29) is 18.6 Å². The van der Waals surface area contributed by atoms with Crippen molar-refractivity contribution < 1.29 is 14.7 Å². The number of carbonyl (C=O) groups is 2. The average molecular weight is 392 g/mol. The third-order valence-corrected chi connectivity index (χ3v) is 4.33. The number of carboxylic acid groups (broad SMARTS) is 1.